The van der Waals surface area contributed by atoms with Crippen LogP contribution in [-0.2, 0) is 16.6 Å². The Bertz CT molecular complexity index is 1070. The van der Waals surface area contributed by atoms with Crippen LogP contribution in [0.1, 0.15) is 22.0 Å². The molecule has 6 nitrogen and oxygen atoms in total. The number of rotatable bonds is 7. The second-order valence-electron chi connectivity index (χ2n) is 6.40. The van der Waals surface area contributed by atoms with Gasteiger partial charge in [0.2, 0.25) is 10.0 Å². The second kappa shape index (κ2) is 9.06. The Balaban J connectivity index is 1.67. The maximum Gasteiger partial charge on any atom is 0.315 e. The van der Waals surface area contributed by atoms with E-state index in [4.69, 9.17) is 0 Å². The number of urea groups is 1. The van der Waals surface area contributed by atoms with Gasteiger partial charge in [-0.1, -0.05) is 30.3 Å². The van der Waals surface area contributed by atoms with Gasteiger partial charge < -0.3 is 10.6 Å². The first-order chi connectivity index (χ1) is 13.8. The zero-order valence-electron chi connectivity index (χ0n) is 15.6. The molecular formula is C20H20FN3O3S2. The van der Waals surface area contributed by atoms with Gasteiger partial charge in [-0.05, 0) is 46.8 Å². The summed E-state index contributed by atoms with van der Waals surface area (Å²) in [4.78, 5) is 13.4. The molecule has 0 saturated carbocycles. The number of amides is 2. The van der Waals surface area contributed by atoms with E-state index >= 15 is 0 Å². The number of sulfonamides is 1. The number of nitrogens with one attached hydrogen (secondary N) is 3. The molecule has 152 valence electrons. The molecule has 0 aliphatic heterocycles. The first-order valence-electron chi connectivity index (χ1n) is 8.70. The first kappa shape index (κ1) is 20.8. The summed E-state index contributed by atoms with van der Waals surface area (Å²) in [5.41, 5.74) is 1.93. The van der Waals surface area contributed by atoms with Crippen LogP contribution in [0.5, 0.6) is 0 Å². The highest BCUT2D eigenvalue weighted by atomic mass is 32.2. The molecule has 3 aromatic rings. The lowest BCUT2D eigenvalue weighted by molar-refractivity contribution is 0.238. The Morgan fingerprint density at radius 1 is 1.10 bits per heavy atom. The quantitative estimate of drug-likeness (QED) is 0.529. The van der Waals surface area contributed by atoms with Crippen LogP contribution in [0.15, 0.2) is 66.0 Å². The lowest BCUT2D eigenvalue weighted by Crippen LogP contribution is -2.37. The van der Waals surface area contributed by atoms with Crippen molar-refractivity contribution in [3.05, 3.63) is 87.9 Å². The highest BCUT2D eigenvalue weighted by molar-refractivity contribution is 7.92. The van der Waals surface area contributed by atoms with Gasteiger partial charge in [-0.2, -0.15) is 0 Å². The average Bonchev–Trinajstić information content (AvgIpc) is 3.19. The van der Waals surface area contributed by atoms with Crippen LogP contribution in [0.2, 0.25) is 0 Å². The van der Waals surface area contributed by atoms with Crippen molar-refractivity contribution in [1.82, 2.24) is 10.6 Å². The van der Waals surface area contributed by atoms with Gasteiger partial charge >= 0.3 is 6.03 Å². The van der Waals surface area contributed by atoms with Crippen LogP contribution in [0.3, 0.4) is 0 Å². The van der Waals surface area contributed by atoms with E-state index in [2.05, 4.69) is 15.4 Å². The van der Waals surface area contributed by atoms with Crippen LogP contribution in [0, 0.1) is 5.82 Å². The first-order valence-corrected chi connectivity index (χ1v) is 11.5. The summed E-state index contributed by atoms with van der Waals surface area (Å²) in [5.74, 6) is -0.342. The van der Waals surface area contributed by atoms with Crippen LogP contribution in [-0.4, -0.2) is 20.7 Å². The van der Waals surface area contributed by atoms with Crippen LogP contribution in [0.4, 0.5) is 14.9 Å². The summed E-state index contributed by atoms with van der Waals surface area (Å²) in [5, 5.41) is 7.58. The van der Waals surface area contributed by atoms with Gasteiger partial charge in [0.1, 0.15) is 5.82 Å². The molecule has 2 amide bonds. The van der Waals surface area contributed by atoms with Gasteiger partial charge in [-0.3, -0.25) is 4.72 Å². The van der Waals surface area contributed by atoms with Crippen molar-refractivity contribution >= 4 is 33.1 Å². The van der Waals surface area contributed by atoms with Crippen molar-refractivity contribution in [3.8, 4) is 0 Å². The van der Waals surface area contributed by atoms with E-state index in [1.165, 1.54) is 23.5 Å². The number of hydrogen-bond acceptors (Lipinski definition) is 4. The lowest BCUT2D eigenvalue weighted by Gasteiger charge is -2.19. The molecule has 0 bridgehead atoms. The molecule has 1 atom stereocenters. The fourth-order valence-corrected chi connectivity index (χ4v) is 4.11. The fraction of sp³-hybridized carbons (Fsp3) is 0.150. The minimum absolute atomic E-state index is 0.214. The van der Waals surface area contributed by atoms with E-state index in [-0.39, 0.29) is 12.4 Å². The highest BCUT2D eigenvalue weighted by Gasteiger charge is 2.18. The third-order valence-electron chi connectivity index (χ3n) is 3.99. The van der Waals surface area contributed by atoms with E-state index in [0.29, 0.717) is 5.69 Å². The van der Waals surface area contributed by atoms with Crippen molar-refractivity contribution in [3.63, 3.8) is 0 Å². The predicted molar refractivity (Wildman–Crippen MR) is 113 cm³/mol. The summed E-state index contributed by atoms with van der Waals surface area (Å²) in [6.07, 6.45) is 1.07. The van der Waals surface area contributed by atoms with Crippen molar-refractivity contribution in [2.45, 2.75) is 12.6 Å². The molecule has 1 unspecified atom stereocenters. The van der Waals surface area contributed by atoms with Crippen molar-refractivity contribution in [2.24, 2.45) is 0 Å². The van der Waals surface area contributed by atoms with Crippen molar-refractivity contribution in [1.29, 1.82) is 0 Å². The largest absolute Gasteiger partial charge is 0.334 e. The van der Waals surface area contributed by atoms with Gasteiger partial charge in [-0.15, -0.1) is 11.3 Å². The molecule has 29 heavy (non-hydrogen) atoms. The fourth-order valence-electron chi connectivity index (χ4n) is 2.75. The molecule has 0 radical (unpaired) electrons. The van der Waals surface area contributed by atoms with E-state index in [9.17, 15) is 17.6 Å². The molecule has 0 fully saturated rings. The number of carbonyl (C=O) groups is 1. The van der Waals surface area contributed by atoms with Crippen LogP contribution >= 0.6 is 11.3 Å². The summed E-state index contributed by atoms with van der Waals surface area (Å²) >= 11 is 1.49. The average molecular weight is 434 g/mol. The topological polar surface area (TPSA) is 87.3 Å². The Hall–Kier alpha value is -2.91. The smallest absolute Gasteiger partial charge is 0.315 e. The number of anilines is 1. The van der Waals surface area contributed by atoms with E-state index in [1.807, 2.05) is 17.5 Å². The highest BCUT2D eigenvalue weighted by Crippen LogP contribution is 2.26. The number of carbonyl (C=O) groups excluding carboxylic acids is 1. The summed E-state index contributed by atoms with van der Waals surface area (Å²) < 4.78 is 38.4. The number of thiophene rings is 1. The Kier molecular flexibility index (Phi) is 6.50. The van der Waals surface area contributed by atoms with Gasteiger partial charge in [0.15, 0.2) is 0 Å². The molecule has 0 aliphatic rings. The Morgan fingerprint density at radius 3 is 2.52 bits per heavy atom. The molecule has 2 aromatic carbocycles. The SMILES string of the molecule is CS(=O)(=O)Nc1cccc(CNC(=O)NC(c2ccc(F)cc2)c2cccs2)c1. The molecule has 0 aliphatic carbocycles. The van der Waals surface area contributed by atoms with E-state index in [1.54, 1.807) is 36.4 Å². The van der Waals surface area contributed by atoms with E-state index < -0.39 is 22.1 Å². The standard InChI is InChI=1S/C20H20FN3O3S2/c1-29(26,27)24-17-5-2-4-14(12-17)13-22-20(25)23-19(18-6-3-11-28-18)15-7-9-16(21)10-8-15/h2-12,19,24H,13H2,1H3,(H2,22,23,25). The van der Waals surface area contributed by atoms with Crippen LogP contribution < -0.4 is 15.4 Å². The molecule has 3 N–H and O–H groups in total. The summed E-state index contributed by atoms with van der Waals surface area (Å²) in [7, 11) is -3.38. The van der Waals surface area contributed by atoms with Gasteiger partial charge in [0.25, 0.3) is 0 Å². The number of halogens is 1. The summed E-state index contributed by atoms with van der Waals surface area (Å²) in [6.45, 7) is 0.214. The van der Waals surface area contributed by atoms with E-state index in [0.717, 1.165) is 22.3 Å². The van der Waals surface area contributed by atoms with Crippen molar-refractivity contribution < 1.29 is 17.6 Å². The number of hydrogen-bond donors (Lipinski definition) is 3. The third-order valence-corrected chi connectivity index (χ3v) is 5.53. The van der Waals surface area contributed by atoms with Gasteiger partial charge in [0, 0.05) is 17.1 Å². The minimum atomic E-state index is -3.38. The molecule has 1 heterocycles. The van der Waals surface area contributed by atoms with Gasteiger partial charge in [0.05, 0.1) is 12.3 Å². The molecular weight excluding hydrogens is 413 g/mol. The van der Waals surface area contributed by atoms with Crippen molar-refractivity contribution in [2.75, 3.05) is 11.0 Å². The molecule has 0 saturated heterocycles. The Labute approximate surface area is 172 Å². The molecule has 3 rings (SSSR count). The molecule has 9 heteroatoms. The monoisotopic (exact) mass is 433 g/mol. The second-order valence-corrected chi connectivity index (χ2v) is 9.13. The summed E-state index contributed by atoms with van der Waals surface area (Å²) in [6, 6.07) is 15.7. The Morgan fingerprint density at radius 2 is 1.86 bits per heavy atom. The maximum absolute atomic E-state index is 13.3. The molecule has 1 aromatic heterocycles. The van der Waals surface area contributed by atoms with Gasteiger partial charge in [-0.25, -0.2) is 17.6 Å². The lowest BCUT2D eigenvalue weighted by atomic mass is 10.1. The minimum Gasteiger partial charge on any atom is -0.334 e. The third kappa shape index (κ3) is 6.30. The normalized spacial score (nSPS) is 12.2. The zero-order chi connectivity index (χ0) is 20.9. The molecule has 0 spiro atoms. The van der Waals surface area contributed by atoms with Crippen LogP contribution in [0.25, 0.3) is 0 Å². The maximum atomic E-state index is 13.3. The number of benzene rings is 2. The predicted octanol–water partition coefficient (Wildman–Crippen LogP) is 3.85. The zero-order valence-corrected chi connectivity index (χ0v) is 17.2.